The van der Waals surface area contributed by atoms with Crippen LogP contribution < -0.4 is 10.6 Å². The number of hydrogen-bond donors (Lipinski definition) is 2. The number of hydrogen-bond acceptors (Lipinski definition) is 8. The smallest absolute Gasteiger partial charge is 0.348 e. The molecule has 1 aromatic carbocycles. The van der Waals surface area contributed by atoms with Crippen LogP contribution in [0.25, 0.3) is 16.0 Å². The first kappa shape index (κ1) is 25.8. The largest absolute Gasteiger partial charge is 0.462 e. The van der Waals surface area contributed by atoms with Crippen molar-refractivity contribution in [2.45, 2.75) is 26.2 Å². The van der Waals surface area contributed by atoms with Gasteiger partial charge in [-0.1, -0.05) is 12.1 Å². The Bertz CT molecular complexity index is 1280. The molecule has 2 N–H and O–H groups in total. The normalized spacial score (nSPS) is 17.1. The number of carbonyl (C=O) groups is 2. The monoisotopic (exact) mass is 536 g/mol. The zero-order valence-electron chi connectivity index (χ0n) is 21.2. The Labute approximate surface area is 225 Å². The highest BCUT2D eigenvalue weighted by atomic mass is 32.1. The van der Waals surface area contributed by atoms with Gasteiger partial charge in [-0.2, -0.15) is 0 Å². The predicted molar refractivity (Wildman–Crippen MR) is 150 cm³/mol. The lowest BCUT2D eigenvalue weighted by Crippen LogP contribution is -2.35. The van der Waals surface area contributed by atoms with Crippen molar-refractivity contribution in [2.75, 3.05) is 45.2 Å². The maximum atomic E-state index is 13.1. The molecule has 0 spiro atoms. The molecule has 0 saturated carbocycles. The lowest BCUT2D eigenvalue weighted by Gasteiger charge is -2.34. The molecule has 7 nitrogen and oxygen atoms in total. The number of aromatic nitrogens is 1. The third kappa shape index (κ3) is 5.85. The van der Waals surface area contributed by atoms with Gasteiger partial charge in [0.15, 0.2) is 0 Å². The molecule has 194 valence electrons. The van der Waals surface area contributed by atoms with Gasteiger partial charge in [0.1, 0.15) is 10.6 Å². The summed E-state index contributed by atoms with van der Waals surface area (Å²) < 4.78 is 5.48. The van der Waals surface area contributed by atoms with Gasteiger partial charge in [-0.25, -0.2) is 9.78 Å². The molecular formula is C28H32N4O3S2. The zero-order valence-corrected chi connectivity index (χ0v) is 22.8. The maximum Gasteiger partial charge on any atom is 0.348 e. The third-order valence-corrected chi connectivity index (χ3v) is 8.76. The van der Waals surface area contributed by atoms with Crippen molar-refractivity contribution >= 4 is 45.8 Å². The number of nitrogens with zero attached hydrogens (tertiary/aromatic N) is 2. The van der Waals surface area contributed by atoms with Gasteiger partial charge >= 0.3 is 5.97 Å². The molecule has 0 bridgehead atoms. The summed E-state index contributed by atoms with van der Waals surface area (Å²) in [6.45, 7) is 6.19. The summed E-state index contributed by atoms with van der Waals surface area (Å²) in [6.07, 6.45) is 3.19. The van der Waals surface area contributed by atoms with Gasteiger partial charge in [-0.05, 0) is 87.2 Å². The Balaban J connectivity index is 1.48. The molecule has 2 aliphatic rings. The van der Waals surface area contributed by atoms with Crippen molar-refractivity contribution in [2.24, 2.45) is 5.92 Å². The molecule has 0 atom stereocenters. The Morgan fingerprint density at radius 2 is 2.00 bits per heavy atom. The lowest BCUT2D eigenvalue weighted by atomic mass is 9.81. The molecule has 0 aliphatic carbocycles. The van der Waals surface area contributed by atoms with E-state index in [1.165, 1.54) is 33.8 Å². The van der Waals surface area contributed by atoms with Gasteiger partial charge in [0.25, 0.3) is 5.91 Å². The molecule has 3 aromatic rings. The number of rotatable bonds is 7. The van der Waals surface area contributed by atoms with E-state index in [2.05, 4.69) is 33.6 Å². The molecule has 0 unspecified atom stereocenters. The number of esters is 1. The van der Waals surface area contributed by atoms with Crippen LogP contribution in [0.3, 0.4) is 0 Å². The minimum Gasteiger partial charge on any atom is -0.462 e. The summed E-state index contributed by atoms with van der Waals surface area (Å²) in [5, 5.41) is 8.09. The first-order valence-corrected chi connectivity index (χ1v) is 14.5. The van der Waals surface area contributed by atoms with E-state index >= 15 is 0 Å². The highest BCUT2D eigenvalue weighted by Crippen LogP contribution is 2.41. The standard InChI is InChI=1S/C28H32N4O3S2/c1-3-35-28(34)26-22(21-10-13-32(2)15-23(21)18-8-11-29-12-9-18)14-25(37-26)19-4-6-20(7-5-19)31-27(33)24-16-36-17-30-24/h4-7,14,16-18,29H,3,8-13,15H2,1-2H3,(H,31,33). The number of benzene rings is 1. The number of thiophene rings is 1. The Hall–Kier alpha value is -2.85. The van der Waals surface area contributed by atoms with Gasteiger partial charge in [-0.15, -0.1) is 22.7 Å². The van der Waals surface area contributed by atoms with Crippen molar-refractivity contribution < 1.29 is 14.3 Å². The van der Waals surface area contributed by atoms with Crippen LogP contribution in [0.4, 0.5) is 5.69 Å². The number of likely N-dealkylation sites (N-methyl/N-ethyl adjacent to an activating group) is 1. The van der Waals surface area contributed by atoms with Crippen molar-refractivity contribution in [1.29, 1.82) is 0 Å². The number of nitrogens with one attached hydrogen (secondary N) is 2. The second-order valence-electron chi connectivity index (χ2n) is 9.49. The van der Waals surface area contributed by atoms with E-state index in [4.69, 9.17) is 4.74 Å². The molecule has 2 aromatic heterocycles. The summed E-state index contributed by atoms with van der Waals surface area (Å²) in [5.74, 6) is 0.0617. The highest BCUT2D eigenvalue weighted by Gasteiger charge is 2.29. The summed E-state index contributed by atoms with van der Waals surface area (Å²) in [5.41, 5.74) is 7.59. The van der Waals surface area contributed by atoms with E-state index < -0.39 is 0 Å². The Morgan fingerprint density at radius 3 is 2.70 bits per heavy atom. The molecule has 0 radical (unpaired) electrons. The first-order chi connectivity index (χ1) is 18.0. The van der Waals surface area contributed by atoms with Gasteiger partial charge < -0.3 is 20.3 Å². The highest BCUT2D eigenvalue weighted by molar-refractivity contribution is 7.17. The predicted octanol–water partition coefficient (Wildman–Crippen LogP) is 5.39. The second kappa shape index (κ2) is 11.7. The van der Waals surface area contributed by atoms with E-state index in [1.807, 2.05) is 31.2 Å². The minimum absolute atomic E-state index is 0.225. The number of piperidine rings is 1. The molecule has 9 heteroatoms. The maximum absolute atomic E-state index is 13.1. The van der Waals surface area contributed by atoms with E-state index in [-0.39, 0.29) is 11.9 Å². The Kier molecular flexibility index (Phi) is 8.14. The molecule has 1 amide bonds. The third-order valence-electron chi connectivity index (χ3n) is 7.01. The number of amides is 1. The summed E-state index contributed by atoms with van der Waals surface area (Å²) >= 11 is 2.88. The van der Waals surface area contributed by atoms with Crippen molar-refractivity contribution in [1.82, 2.24) is 15.2 Å². The molecular weight excluding hydrogens is 504 g/mol. The topological polar surface area (TPSA) is 83.6 Å². The number of carbonyl (C=O) groups excluding carboxylic acids is 2. The van der Waals surface area contributed by atoms with Gasteiger partial charge in [-0.3, -0.25) is 4.79 Å². The van der Waals surface area contributed by atoms with Crippen LogP contribution in [-0.2, 0) is 4.74 Å². The van der Waals surface area contributed by atoms with E-state index in [0.717, 1.165) is 61.4 Å². The fourth-order valence-corrected chi connectivity index (χ4v) is 6.74. The van der Waals surface area contributed by atoms with Crippen LogP contribution in [-0.4, -0.2) is 61.6 Å². The van der Waals surface area contributed by atoms with Crippen LogP contribution >= 0.6 is 22.7 Å². The number of ether oxygens (including phenoxy) is 1. The number of thiazole rings is 1. The molecule has 37 heavy (non-hydrogen) atoms. The average Bonchev–Trinajstić information content (AvgIpc) is 3.61. The van der Waals surface area contributed by atoms with Crippen molar-refractivity contribution in [3.8, 4) is 10.4 Å². The average molecular weight is 537 g/mol. The van der Waals surface area contributed by atoms with Crippen molar-refractivity contribution in [3.63, 3.8) is 0 Å². The molecule has 2 aliphatic heterocycles. The second-order valence-corrected chi connectivity index (χ2v) is 11.3. The number of anilines is 1. The fourth-order valence-electron chi connectivity index (χ4n) is 5.13. The van der Waals surface area contributed by atoms with E-state index in [9.17, 15) is 9.59 Å². The van der Waals surface area contributed by atoms with Gasteiger partial charge in [0.2, 0.25) is 0 Å². The van der Waals surface area contributed by atoms with E-state index in [1.54, 1.807) is 10.9 Å². The van der Waals surface area contributed by atoms with Gasteiger partial charge in [0, 0.05) is 34.6 Å². The fraction of sp³-hybridized carbons (Fsp3) is 0.393. The minimum atomic E-state index is -0.253. The molecule has 1 saturated heterocycles. The van der Waals surface area contributed by atoms with Crippen molar-refractivity contribution in [3.05, 3.63) is 62.9 Å². The summed E-state index contributed by atoms with van der Waals surface area (Å²) in [7, 11) is 2.18. The van der Waals surface area contributed by atoms with Crippen LogP contribution in [0.1, 0.15) is 51.9 Å². The molecule has 5 rings (SSSR count). The molecule has 1 fully saturated rings. The zero-order chi connectivity index (χ0) is 25.8. The van der Waals surface area contributed by atoms with Crippen LogP contribution in [0.15, 0.2) is 46.8 Å². The van der Waals surface area contributed by atoms with Crippen LogP contribution in [0, 0.1) is 5.92 Å². The van der Waals surface area contributed by atoms with Crippen LogP contribution in [0.5, 0.6) is 0 Å². The summed E-state index contributed by atoms with van der Waals surface area (Å²) in [6, 6.07) is 9.91. The summed E-state index contributed by atoms with van der Waals surface area (Å²) in [4.78, 5) is 33.6. The quantitative estimate of drug-likeness (QED) is 0.394. The van der Waals surface area contributed by atoms with Gasteiger partial charge in [0.05, 0.1) is 12.1 Å². The molecule has 4 heterocycles. The SMILES string of the molecule is CCOC(=O)c1sc(-c2ccc(NC(=O)c3cscn3)cc2)cc1C1=C(C2CCNCC2)CN(C)CC1. The first-order valence-electron chi connectivity index (χ1n) is 12.8. The Morgan fingerprint density at radius 1 is 1.22 bits per heavy atom. The van der Waals surface area contributed by atoms with E-state index in [0.29, 0.717) is 28.8 Å². The van der Waals surface area contributed by atoms with Crippen LogP contribution in [0.2, 0.25) is 0 Å². The lowest BCUT2D eigenvalue weighted by molar-refractivity contribution is 0.0531.